The fourth-order valence-corrected chi connectivity index (χ4v) is 3.28. The van der Waals surface area contributed by atoms with Crippen LogP contribution in [0.1, 0.15) is 37.3 Å². The second-order valence-corrected chi connectivity index (χ2v) is 6.82. The van der Waals surface area contributed by atoms with Crippen molar-refractivity contribution in [3.8, 4) is 0 Å². The van der Waals surface area contributed by atoms with Crippen molar-refractivity contribution in [3.05, 3.63) is 35.4 Å². The van der Waals surface area contributed by atoms with E-state index in [2.05, 4.69) is 53.6 Å². The van der Waals surface area contributed by atoms with Gasteiger partial charge in [0.2, 0.25) is 5.91 Å². The molecular weight excluding hydrogens is 286 g/mol. The highest BCUT2D eigenvalue weighted by atomic mass is 16.1. The third-order valence-electron chi connectivity index (χ3n) is 4.70. The second-order valence-electron chi connectivity index (χ2n) is 6.82. The summed E-state index contributed by atoms with van der Waals surface area (Å²) in [7, 11) is 1.70. The zero-order chi connectivity index (χ0) is 16.7. The molecule has 1 atom stereocenters. The Hall–Kier alpha value is -1.39. The van der Waals surface area contributed by atoms with Gasteiger partial charge in [-0.25, -0.2) is 0 Å². The number of rotatable bonds is 7. The van der Waals surface area contributed by atoms with Gasteiger partial charge in [0.05, 0.1) is 6.54 Å². The number of hydrogen-bond acceptors (Lipinski definition) is 3. The highest BCUT2D eigenvalue weighted by Crippen LogP contribution is 2.13. The predicted molar refractivity (Wildman–Crippen MR) is 95.6 cm³/mol. The van der Waals surface area contributed by atoms with E-state index in [0.29, 0.717) is 18.6 Å². The maximum absolute atomic E-state index is 11.4. The van der Waals surface area contributed by atoms with Gasteiger partial charge in [-0.1, -0.05) is 29.8 Å². The minimum atomic E-state index is 0.114. The van der Waals surface area contributed by atoms with Gasteiger partial charge in [0, 0.05) is 32.2 Å². The van der Waals surface area contributed by atoms with E-state index in [9.17, 15) is 4.79 Å². The van der Waals surface area contributed by atoms with E-state index in [4.69, 9.17) is 0 Å². The molecule has 128 valence electrons. The van der Waals surface area contributed by atoms with Crippen molar-refractivity contribution in [1.82, 2.24) is 15.5 Å². The summed E-state index contributed by atoms with van der Waals surface area (Å²) in [5.41, 5.74) is 2.77. The number of nitrogens with zero attached hydrogens (tertiary/aromatic N) is 1. The maximum Gasteiger partial charge on any atom is 0.233 e. The molecule has 1 aliphatic rings. The largest absolute Gasteiger partial charge is 0.358 e. The fraction of sp³-hybridized carbons (Fsp3) is 0.632. The van der Waals surface area contributed by atoms with Gasteiger partial charge in [-0.3, -0.25) is 9.69 Å². The van der Waals surface area contributed by atoms with E-state index >= 15 is 0 Å². The zero-order valence-corrected chi connectivity index (χ0v) is 14.8. The lowest BCUT2D eigenvalue weighted by atomic mass is 10.0. The Morgan fingerprint density at radius 3 is 2.74 bits per heavy atom. The van der Waals surface area contributed by atoms with E-state index in [1.54, 1.807) is 7.05 Å². The van der Waals surface area contributed by atoms with Gasteiger partial charge in [0.15, 0.2) is 0 Å². The summed E-state index contributed by atoms with van der Waals surface area (Å²) < 4.78 is 0. The Bertz CT molecular complexity index is 495. The predicted octanol–water partition coefficient (Wildman–Crippen LogP) is 2.12. The Kier molecular flexibility index (Phi) is 7.06. The molecule has 2 rings (SSSR count). The van der Waals surface area contributed by atoms with Crippen LogP contribution in [0.4, 0.5) is 0 Å². The number of likely N-dealkylation sites (N-methyl/N-ethyl adjacent to an activating group) is 1. The number of benzene rings is 1. The van der Waals surface area contributed by atoms with Crippen molar-refractivity contribution in [1.29, 1.82) is 0 Å². The van der Waals surface area contributed by atoms with Gasteiger partial charge in [-0.15, -0.1) is 0 Å². The van der Waals surface area contributed by atoms with Gasteiger partial charge in [-0.2, -0.15) is 0 Å². The summed E-state index contributed by atoms with van der Waals surface area (Å²) in [4.78, 5) is 13.7. The van der Waals surface area contributed by atoms with Crippen LogP contribution in [0.3, 0.4) is 0 Å². The second kappa shape index (κ2) is 9.04. The average molecular weight is 317 g/mol. The molecule has 2 N–H and O–H groups in total. The van der Waals surface area contributed by atoms with Crippen LogP contribution in [-0.2, 0) is 11.2 Å². The van der Waals surface area contributed by atoms with Crippen LogP contribution >= 0.6 is 0 Å². The minimum Gasteiger partial charge on any atom is -0.358 e. The molecular formula is C19H31N3O. The van der Waals surface area contributed by atoms with Gasteiger partial charge >= 0.3 is 0 Å². The van der Waals surface area contributed by atoms with Crippen molar-refractivity contribution in [2.24, 2.45) is 0 Å². The number of hydrogen-bond donors (Lipinski definition) is 2. The normalized spacial score (nSPS) is 17.9. The van der Waals surface area contributed by atoms with Crippen LogP contribution in [0.25, 0.3) is 0 Å². The SMILES string of the molecule is CNC(=O)CN1CCC(NC(C)CCc2cccc(C)c2)CC1. The Balaban J connectivity index is 1.66. The van der Waals surface area contributed by atoms with E-state index in [1.807, 2.05) is 0 Å². The molecule has 1 saturated heterocycles. The third kappa shape index (κ3) is 6.32. The van der Waals surface area contributed by atoms with E-state index in [0.717, 1.165) is 32.4 Å². The highest BCUT2D eigenvalue weighted by Gasteiger charge is 2.21. The van der Waals surface area contributed by atoms with Crippen molar-refractivity contribution < 1.29 is 4.79 Å². The summed E-state index contributed by atoms with van der Waals surface area (Å²) in [5.74, 6) is 0.114. The van der Waals surface area contributed by atoms with Gasteiger partial charge in [0.1, 0.15) is 0 Å². The van der Waals surface area contributed by atoms with Crippen molar-refractivity contribution in [2.75, 3.05) is 26.7 Å². The van der Waals surface area contributed by atoms with E-state index in [1.165, 1.54) is 17.5 Å². The molecule has 1 heterocycles. The lowest BCUT2D eigenvalue weighted by Gasteiger charge is -2.33. The molecule has 4 heteroatoms. The summed E-state index contributed by atoms with van der Waals surface area (Å²) in [6, 6.07) is 9.92. The van der Waals surface area contributed by atoms with E-state index < -0.39 is 0 Å². The molecule has 1 aromatic carbocycles. The van der Waals surface area contributed by atoms with Crippen LogP contribution < -0.4 is 10.6 Å². The van der Waals surface area contributed by atoms with Crippen molar-refractivity contribution >= 4 is 5.91 Å². The molecule has 0 saturated carbocycles. The monoisotopic (exact) mass is 317 g/mol. The Morgan fingerprint density at radius 2 is 2.09 bits per heavy atom. The molecule has 23 heavy (non-hydrogen) atoms. The Morgan fingerprint density at radius 1 is 1.35 bits per heavy atom. The zero-order valence-electron chi connectivity index (χ0n) is 14.8. The molecule has 0 spiro atoms. The summed E-state index contributed by atoms with van der Waals surface area (Å²) in [5, 5.41) is 6.46. The molecule has 1 unspecified atom stereocenters. The molecule has 0 bridgehead atoms. The number of likely N-dealkylation sites (tertiary alicyclic amines) is 1. The van der Waals surface area contributed by atoms with Gasteiger partial charge in [0.25, 0.3) is 0 Å². The quantitative estimate of drug-likeness (QED) is 0.809. The van der Waals surface area contributed by atoms with Gasteiger partial charge < -0.3 is 10.6 Å². The first-order valence-corrected chi connectivity index (χ1v) is 8.81. The topological polar surface area (TPSA) is 44.4 Å². The first kappa shape index (κ1) is 18.0. The van der Waals surface area contributed by atoms with Crippen LogP contribution in [0.15, 0.2) is 24.3 Å². The van der Waals surface area contributed by atoms with Crippen molar-refractivity contribution in [3.63, 3.8) is 0 Å². The number of aryl methyl sites for hydroxylation is 2. The van der Waals surface area contributed by atoms with E-state index in [-0.39, 0.29) is 5.91 Å². The number of piperidine rings is 1. The number of nitrogens with one attached hydrogen (secondary N) is 2. The van der Waals surface area contributed by atoms with Crippen molar-refractivity contribution in [2.45, 2.75) is 51.6 Å². The lowest BCUT2D eigenvalue weighted by molar-refractivity contribution is -0.122. The first-order chi connectivity index (χ1) is 11.1. The fourth-order valence-electron chi connectivity index (χ4n) is 3.28. The molecule has 1 aliphatic heterocycles. The number of carbonyl (C=O) groups excluding carboxylic acids is 1. The van der Waals surface area contributed by atoms with Crippen LogP contribution in [0, 0.1) is 6.92 Å². The highest BCUT2D eigenvalue weighted by molar-refractivity contribution is 5.77. The molecule has 0 radical (unpaired) electrons. The van der Waals surface area contributed by atoms with Crippen LogP contribution in [0.5, 0.6) is 0 Å². The maximum atomic E-state index is 11.4. The van der Waals surface area contributed by atoms with Crippen LogP contribution in [0.2, 0.25) is 0 Å². The molecule has 0 aliphatic carbocycles. The number of amides is 1. The molecule has 1 aromatic rings. The summed E-state index contributed by atoms with van der Waals surface area (Å²) in [6.45, 7) is 6.99. The molecule has 0 aromatic heterocycles. The summed E-state index contributed by atoms with van der Waals surface area (Å²) >= 11 is 0. The lowest BCUT2D eigenvalue weighted by Crippen LogP contribution is -2.47. The average Bonchev–Trinajstić information content (AvgIpc) is 2.55. The first-order valence-electron chi connectivity index (χ1n) is 8.81. The smallest absolute Gasteiger partial charge is 0.233 e. The molecule has 1 amide bonds. The number of carbonyl (C=O) groups is 1. The van der Waals surface area contributed by atoms with Crippen LogP contribution in [-0.4, -0.2) is 49.6 Å². The summed E-state index contributed by atoms with van der Waals surface area (Å²) in [6.07, 6.45) is 4.56. The third-order valence-corrected chi connectivity index (χ3v) is 4.70. The molecule has 4 nitrogen and oxygen atoms in total. The minimum absolute atomic E-state index is 0.114. The molecule has 1 fully saturated rings. The Labute approximate surface area is 140 Å². The standard InChI is InChI=1S/C19H31N3O/c1-15-5-4-6-17(13-15)8-7-16(2)21-18-9-11-22(12-10-18)14-19(23)20-3/h4-6,13,16,18,21H,7-12,14H2,1-3H3,(H,20,23). The van der Waals surface area contributed by atoms with Gasteiger partial charge in [-0.05, 0) is 45.1 Å².